The number of hydrogen-bond acceptors (Lipinski definition) is 2. The summed E-state index contributed by atoms with van der Waals surface area (Å²) in [6.45, 7) is 7.46. The van der Waals surface area contributed by atoms with Crippen LogP contribution in [0, 0.1) is 5.41 Å². The molecular weight excluding hydrogens is 200 g/mol. The Morgan fingerprint density at radius 1 is 1.25 bits per heavy atom. The zero-order valence-corrected chi connectivity index (χ0v) is 10.2. The molecule has 1 rings (SSSR count). The van der Waals surface area contributed by atoms with Gasteiger partial charge >= 0.3 is 0 Å². The summed E-state index contributed by atoms with van der Waals surface area (Å²) < 4.78 is 0. The van der Waals surface area contributed by atoms with E-state index in [0.29, 0.717) is 6.42 Å². The van der Waals surface area contributed by atoms with E-state index >= 15 is 0 Å². The molecule has 0 atom stereocenters. The largest absolute Gasteiger partial charge is 0.385 e. The quantitative estimate of drug-likeness (QED) is 0.817. The molecule has 0 fully saturated rings. The predicted octanol–water partition coefficient (Wildman–Crippen LogP) is 2.17. The van der Waals surface area contributed by atoms with E-state index in [-0.39, 0.29) is 11.3 Å². The summed E-state index contributed by atoms with van der Waals surface area (Å²) in [4.78, 5) is 10.7. The molecule has 0 aliphatic carbocycles. The van der Waals surface area contributed by atoms with Crippen molar-refractivity contribution in [2.75, 3.05) is 11.9 Å². The number of anilines is 1. The minimum Gasteiger partial charge on any atom is -0.385 e. The van der Waals surface area contributed by atoms with Gasteiger partial charge in [0.2, 0.25) is 5.91 Å². The monoisotopic (exact) mass is 220 g/mol. The molecule has 0 spiro atoms. The molecule has 1 aromatic carbocycles. The van der Waals surface area contributed by atoms with E-state index in [1.54, 1.807) is 0 Å². The highest BCUT2D eigenvalue weighted by molar-refractivity contribution is 5.76. The van der Waals surface area contributed by atoms with Crippen molar-refractivity contribution in [2.24, 2.45) is 11.1 Å². The van der Waals surface area contributed by atoms with Gasteiger partial charge in [0, 0.05) is 12.2 Å². The minimum absolute atomic E-state index is 0.256. The van der Waals surface area contributed by atoms with Crippen LogP contribution in [0.4, 0.5) is 5.69 Å². The average molecular weight is 220 g/mol. The van der Waals surface area contributed by atoms with E-state index < -0.39 is 0 Å². The Morgan fingerprint density at radius 2 is 1.81 bits per heavy atom. The van der Waals surface area contributed by atoms with Crippen molar-refractivity contribution < 1.29 is 4.79 Å². The fourth-order valence-corrected chi connectivity index (χ4v) is 1.31. The van der Waals surface area contributed by atoms with Crippen LogP contribution in [0.3, 0.4) is 0 Å². The van der Waals surface area contributed by atoms with Crippen LogP contribution in [0.25, 0.3) is 0 Å². The first-order valence-electron chi connectivity index (χ1n) is 5.48. The van der Waals surface area contributed by atoms with Gasteiger partial charge in [-0.05, 0) is 23.1 Å². The second kappa shape index (κ2) is 5.01. The maximum Gasteiger partial charge on any atom is 0.221 e. The Morgan fingerprint density at radius 3 is 2.25 bits per heavy atom. The van der Waals surface area contributed by atoms with E-state index in [4.69, 9.17) is 5.73 Å². The number of hydrogen-bond donors (Lipinski definition) is 2. The molecule has 0 bridgehead atoms. The van der Waals surface area contributed by atoms with Gasteiger partial charge in [-0.15, -0.1) is 0 Å². The molecule has 3 heteroatoms. The summed E-state index contributed by atoms with van der Waals surface area (Å²) in [6.07, 6.45) is 0.305. The van der Waals surface area contributed by atoms with Crippen LogP contribution in [-0.4, -0.2) is 12.5 Å². The zero-order valence-electron chi connectivity index (χ0n) is 10.2. The third-order valence-electron chi connectivity index (χ3n) is 2.16. The lowest BCUT2D eigenvalue weighted by atomic mass is 9.97. The predicted molar refractivity (Wildman–Crippen MR) is 67.3 cm³/mol. The average Bonchev–Trinajstić information content (AvgIpc) is 2.14. The topological polar surface area (TPSA) is 55.1 Å². The third kappa shape index (κ3) is 4.82. The normalized spacial score (nSPS) is 11.2. The lowest BCUT2D eigenvalue weighted by Crippen LogP contribution is -2.19. The van der Waals surface area contributed by atoms with Crippen LogP contribution in [0.2, 0.25) is 0 Å². The van der Waals surface area contributed by atoms with Gasteiger partial charge in [0.25, 0.3) is 0 Å². The highest BCUT2D eigenvalue weighted by atomic mass is 16.1. The fourth-order valence-electron chi connectivity index (χ4n) is 1.31. The summed E-state index contributed by atoms with van der Waals surface area (Å²) in [7, 11) is 0. The molecule has 0 heterocycles. The van der Waals surface area contributed by atoms with Gasteiger partial charge in [0.05, 0.1) is 6.42 Å². The second-order valence-electron chi connectivity index (χ2n) is 5.25. The van der Waals surface area contributed by atoms with Gasteiger partial charge in [-0.1, -0.05) is 32.9 Å². The first-order valence-corrected chi connectivity index (χ1v) is 5.48. The van der Waals surface area contributed by atoms with Crippen molar-refractivity contribution in [3.05, 3.63) is 29.8 Å². The SMILES string of the molecule is CC(C)(C)CNc1ccc(CC(N)=O)cc1. The summed E-state index contributed by atoms with van der Waals surface area (Å²) in [6, 6.07) is 7.81. The standard InChI is InChI=1S/C13H20N2O/c1-13(2,3)9-15-11-6-4-10(5-7-11)8-12(14)16/h4-7,15H,8-9H2,1-3H3,(H2,14,16). The highest BCUT2D eigenvalue weighted by Crippen LogP contribution is 2.16. The molecule has 0 saturated heterocycles. The van der Waals surface area contributed by atoms with Crippen LogP contribution < -0.4 is 11.1 Å². The fraction of sp³-hybridized carbons (Fsp3) is 0.462. The van der Waals surface area contributed by atoms with Gasteiger partial charge in [-0.2, -0.15) is 0 Å². The number of amides is 1. The Hall–Kier alpha value is -1.51. The Labute approximate surface area is 97.0 Å². The van der Waals surface area contributed by atoms with Gasteiger partial charge < -0.3 is 11.1 Å². The number of carbonyl (C=O) groups is 1. The molecule has 1 aromatic rings. The molecule has 0 unspecified atom stereocenters. The highest BCUT2D eigenvalue weighted by Gasteiger charge is 2.09. The molecule has 0 aliphatic heterocycles. The van der Waals surface area contributed by atoms with Gasteiger partial charge in [0.15, 0.2) is 0 Å². The van der Waals surface area contributed by atoms with Crippen LogP contribution in [0.5, 0.6) is 0 Å². The maximum absolute atomic E-state index is 10.7. The Kier molecular flexibility index (Phi) is 3.93. The van der Waals surface area contributed by atoms with E-state index in [1.165, 1.54) is 0 Å². The molecule has 0 aliphatic rings. The minimum atomic E-state index is -0.296. The number of benzene rings is 1. The lowest BCUT2D eigenvalue weighted by Gasteiger charge is -2.19. The van der Waals surface area contributed by atoms with Gasteiger partial charge in [0.1, 0.15) is 0 Å². The molecule has 1 amide bonds. The van der Waals surface area contributed by atoms with Crippen molar-refractivity contribution in [1.82, 2.24) is 0 Å². The van der Waals surface area contributed by atoms with Crippen molar-refractivity contribution >= 4 is 11.6 Å². The van der Waals surface area contributed by atoms with Crippen molar-refractivity contribution in [3.63, 3.8) is 0 Å². The molecule has 0 aromatic heterocycles. The molecule has 88 valence electrons. The smallest absolute Gasteiger partial charge is 0.221 e. The summed E-state index contributed by atoms with van der Waals surface area (Å²) in [5.74, 6) is -0.296. The van der Waals surface area contributed by atoms with Crippen molar-refractivity contribution in [3.8, 4) is 0 Å². The lowest BCUT2D eigenvalue weighted by molar-refractivity contribution is -0.117. The van der Waals surface area contributed by atoms with Crippen LogP contribution in [0.1, 0.15) is 26.3 Å². The number of primary amides is 1. The number of rotatable bonds is 4. The molecule has 0 radical (unpaired) electrons. The molecule has 16 heavy (non-hydrogen) atoms. The zero-order chi connectivity index (χ0) is 12.2. The van der Waals surface area contributed by atoms with Crippen LogP contribution >= 0.6 is 0 Å². The Bertz CT molecular complexity index is 349. The van der Waals surface area contributed by atoms with E-state index in [1.807, 2.05) is 24.3 Å². The number of carbonyl (C=O) groups excluding carboxylic acids is 1. The molecule has 0 saturated carbocycles. The first kappa shape index (κ1) is 12.6. The first-order chi connectivity index (χ1) is 7.37. The molecule has 3 nitrogen and oxygen atoms in total. The number of nitrogens with two attached hydrogens (primary N) is 1. The van der Waals surface area contributed by atoms with E-state index in [2.05, 4.69) is 26.1 Å². The molecular formula is C13H20N2O. The maximum atomic E-state index is 10.7. The van der Waals surface area contributed by atoms with E-state index in [0.717, 1.165) is 17.8 Å². The Balaban J connectivity index is 2.55. The van der Waals surface area contributed by atoms with Crippen molar-refractivity contribution in [1.29, 1.82) is 0 Å². The summed E-state index contributed by atoms with van der Waals surface area (Å²) >= 11 is 0. The van der Waals surface area contributed by atoms with Crippen LogP contribution in [0.15, 0.2) is 24.3 Å². The van der Waals surface area contributed by atoms with Gasteiger partial charge in [-0.25, -0.2) is 0 Å². The summed E-state index contributed by atoms with van der Waals surface area (Å²) in [5.41, 5.74) is 7.40. The van der Waals surface area contributed by atoms with Crippen LogP contribution in [-0.2, 0) is 11.2 Å². The third-order valence-corrected chi connectivity index (χ3v) is 2.16. The second-order valence-corrected chi connectivity index (χ2v) is 5.25. The summed E-state index contributed by atoms with van der Waals surface area (Å²) in [5, 5.41) is 3.35. The van der Waals surface area contributed by atoms with Crippen molar-refractivity contribution in [2.45, 2.75) is 27.2 Å². The van der Waals surface area contributed by atoms with Gasteiger partial charge in [-0.3, -0.25) is 4.79 Å². The molecule has 3 N–H and O–H groups in total. The van der Waals surface area contributed by atoms with E-state index in [9.17, 15) is 4.79 Å². The number of nitrogens with one attached hydrogen (secondary N) is 1.